The van der Waals surface area contributed by atoms with Crippen LogP contribution in [-0.4, -0.2) is 44.3 Å². The van der Waals surface area contributed by atoms with E-state index in [4.69, 9.17) is 11.6 Å². The molecule has 0 fully saturated rings. The van der Waals surface area contributed by atoms with Gasteiger partial charge in [-0.15, -0.1) is 0 Å². The summed E-state index contributed by atoms with van der Waals surface area (Å²) in [6, 6.07) is 26.5. The number of anilines is 1. The van der Waals surface area contributed by atoms with Gasteiger partial charge in [0.15, 0.2) is 0 Å². The Morgan fingerprint density at radius 2 is 1.56 bits per heavy atom. The molecular formula is C35H37ClFN3O4S. The van der Waals surface area contributed by atoms with E-state index in [1.54, 1.807) is 48.5 Å². The van der Waals surface area contributed by atoms with Crippen molar-refractivity contribution in [2.75, 3.05) is 17.4 Å². The average molecular weight is 650 g/mol. The molecule has 2 amide bonds. The number of amides is 2. The molecule has 0 aromatic heterocycles. The molecule has 4 aromatic rings. The van der Waals surface area contributed by atoms with Gasteiger partial charge in [-0.2, -0.15) is 0 Å². The van der Waals surface area contributed by atoms with Crippen molar-refractivity contribution in [3.63, 3.8) is 0 Å². The molecule has 0 saturated heterocycles. The smallest absolute Gasteiger partial charge is 0.264 e. The van der Waals surface area contributed by atoms with E-state index in [0.29, 0.717) is 17.1 Å². The summed E-state index contributed by atoms with van der Waals surface area (Å²) in [7, 11) is -4.32. The van der Waals surface area contributed by atoms with Gasteiger partial charge in [-0.05, 0) is 73.0 Å². The first kappa shape index (κ1) is 33.7. The van der Waals surface area contributed by atoms with Crippen molar-refractivity contribution in [3.05, 3.63) is 131 Å². The lowest BCUT2D eigenvalue weighted by Crippen LogP contribution is -2.53. The number of hydrogen-bond acceptors (Lipinski definition) is 4. The maximum absolute atomic E-state index is 14.4. The average Bonchev–Trinajstić information content (AvgIpc) is 3.02. The summed E-state index contributed by atoms with van der Waals surface area (Å²) in [6.45, 7) is 3.73. The number of aryl methyl sites for hydroxylation is 1. The number of rotatable bonds is 14. The Morgan fingerprint density at radius 1 is 0.889 bits per heavy atom. The van der Waals surface area contributed by atoms with Crippen molar-refractivity contribution in [2.45, 2.75) is 50.6 Å². The molecule has 0 aliphatic carbocycles. The first-order valence-electron chi connectivity index (χ1n) is 14.8. The van der Waals surface area contributed by atoms with E-state index in [2.05, 4.69) is 5.32 Å². The quantitative estimate of drug-likeness (QED) is 0.157. The molecule has 0 heterocycles. The molecule has 0 aliphatic rings. The fraction of sp³-hybridized carbons (Fsp3) is 0.257. The third kappa shape index (κ3) is 9.15. The molecule has 1 atom stereocenters. The Labute approximate surface area is 269 Å². The minimum Gasteiger partial charge on any atom is -0.354 e. The zero-order valence-corrected chi connectivity index (χ0v) is 26.9. The van der Waals surface area contributed by atoms with Gasteiger partial charge in [-0.3, -0.25) is 13.9 Å². The Morgan fingerprint density at radius 3 is 2.20 bits per heavy atom. The van der Waals surface area contributed by atoms with Gasteiger partial charge in [0.05, 0.1) is 10.6 Å². The maximum atomic E-state index is 14.4. The highest BCUT2D eigenvalue weighted by atomic mass is 35.5. The van der Waals surface area contributed by atoms with E-state index in [0.717, 1.165) is 40.4 Å². The monoisotopic (exact) mass is 649 g/mol. The highest BCUT2D eigenvalue weighted by Crippen LogP contribution is 2.26. The van der Waals surface area contributed by atoms with Crippen LogP contribution in [0.4, 0.5) is 10.1 Å². The van der Waals surface area contributed by atoms with Crippen molar-refractivity contribution >= 4 is 39.1 Å². The van der Waals surface area contributed by atoms with Crippen LogP contribution in [0.25, 0.3) is 0 Å². The second-order valence-corrected chi connectivity index (χ2v) is 13.1. The minimum absolute atomic E-state index is 0.0103. The maximum Gasteiger partial charge on any atom is 0.264 e. The standard InChI is InChI=1S/C35H37ClFN3O4S/c1-3-4-21-38-35(42)33(23-27-9-6-5-7-10-27)39(24-28-11-8-12-29(36)22-28)34(41)25-40(31-17-13-26(2)14-18-31)45(43,44)32-19-15-30(37)16-20-32/h5-20,22,33H,3-4,21,23-25H2,1-2H3,(H,38,42)/t33-/m0/s1. The van der Waals surface area contributed by atoms with E-state index in [1.165, 1.54) is 17.0 Å². The molecule has 236 valence electrons. The predicted molar refractivity (Wildman–Crippen MR) is 176 cm³/mol. The number of carbonyl (C=O) groups is 2. The van der Waals surface area contributed by atoms with Crippen molar-refractivity contribution in [1.29, 1.82) is 0 Å². The van der Waals surface area contributed by atoms with Crippen LogP contribution < -0.4 is 9.62 Å². The van der Waals surface area contributed by atoms with Gasteiger partial charge in [-0.25, -0.2) is 12.8 Å². The predicted octanol–water partition coefficient (Wildman–Crippen LogP) is 6.54. The number of unbranched alkanes of at least 4 members (excludes halogenated alkanes) is 1. The van der Waals surface area contributed by atoms with Crippen molar-refractivity contribution in [3.8, 4) is 0 Å². The van der Waals surface area contributed by atoms with E-state index < -0.39 is 34.3 Å². The van der Waals surface area contributed by atoms with Crippen LogP contribution >= 0.6 is 11.6 Å². The van der Waals surface area contributed by atoms with Gasteiger partial charge in [0, 0.05) is 24.5 Å². The number of sulfonamides is 1. The van der Waals surface area contributed by atoms with Crippen LogP contribution in [-0.2, 0) is 32.6 Å². The lowest BCUT2D eigenvalue weighted by Gasteiger charge is -2.34. The SMILES string of the molecule is CCCCNC(=O)[C@H](Cc1ccccc1)N(Cc1cccc(Cl)c1)C(=O)CN(c1ccc(C)cc1)S(=O)(=O)c1ccc(F)cc1. The van der Waals surface area contributed by atoms with Gasteiger partial charge in [0.25, 0.3) is 10.0 Å². The fourth-order valence-corrected chi connectivity index (χ4v) is 6.49. The Bertz CT molecular complexity index is 1680. The Balaban J connectivity index is 1.78. The first-order chi connectivity index (χ1) is 21.6. The van der Waals surface area contributed by atoms with E-state index in [1.807, 2.05) is 44.2 Å². The van der Waals surface area contributed by atoms with Gasteiger partial charge < -0.3 is 10.2 Å². The zero-order chi connectivity index (χ0) is 32.4. The molecule has 0 saturated carbocycles. The number of halogens is 2. The van der Waals surface area contributed by atoms with Crippen LogP contribution in [0.2, 0.25) is 5.02 Å². The topological polar surface area (TPSA) is 86.8 Å². The highest BCUT2D eigenvalue weighted by Gasteiger charge is 2.34. The fourth-order valence-electron chi connectivity index (χ4n) is 4.87. The summed E-state index contributed by atoms with van der Waals surface area (Å²) >= 11 is 6.28. The van der Waals surface area contributed by atoms with E-state index >= 15 is 0 Å². The van der Waals surface area contributed by atoms with Crippen LogP contribution in [0.3, 0.4) is 0 Å². The molecule has 0 aliphatic heterocycles. The summed E-state index contributed by atoms with van der Waals surface area (Å²) < 4.78 is 42.7. The molecule has 4 rings (SSSR count). The number of nitrogens with zero attached hydrogens (tertiary/aromatic N) is 2. The first-order valence-corrected chi connectivity index (χ1v) is 16.6. The second-order valence-electron chi connectivity index (χ2n) is 10.8. The van der Waals surface area contributed by atoms with Gasteiger partial charge in [0.1, 0.15) is 18.4 Å². The zero-order valence-electron chi connectivity index (χ0n) is 25.3. The van der Waals surface area contributed by atoms with Gasteiger partial charge >= 0.3 is 0 Å². The van der Waals surface area contributed by atoms with Crippen LogP contribution in [0, 0.1) is 12.7 Å². The van der Waals surface area contributed by atoms with Gasteiger partial charge in [0.2, 0.25) is 11.8 Å². The minimum atomic E-state index is -4.32. The molecular weight excluding hydrogens is 613 g/mol. The Hall–Kier alpha value is -4.21. The van der Waals surface area contributed by atoms with Gasteiger partial charge in [-0.1, -0.05) is 85.1 Å². The van der Waals surface area contributed by atoms with Crippen LogP contribution in [0.15, 0.2) is 108 Å². The van der Waals surface area contributed by atoms with E-state index in [-0.39, 0.29) is 29.5 Å². The van der Waals surface area contributed by atoms with Crippen LogP contribution in [0.1, 0.15) is 36.5 Å². The van der Waals surface area contributed by atoms with Crippen LogP contribution in [0.5, 0.6) is 0 Å². The summed E-state index contributed by atoms with van der Waals surface area (Å²) in [4.78, 5) is 29.4. The highest BCUT2D eigenvalue weighted by molar-refractivity contribution is 7.92. The number of carbonyl (C=O) groups excluding carboxylic acids is 2. The van der Waals surface area contributed by atoms with E-state index in [9.17, 15) is 22.4 Å². The number of hydrogen-bond donors (Lipinski definition) is 1. The molecule has 0 bridgehead atoms. The third-order valence-electron chi connectivity index (χ3n) is 7.35. The van der Waals surface area contributed by atoms with Crippen molar-refractivity contribution in [1.82, 2.24) is 10.2 Å². The molecule has 0 radical (unpaired) electrons. The molecule has 4 aromatic carbocycles. The molecule has 45 heavy (non-hydrogen) atoms. The molecule has 0 spiro atoms. The second kappa shape index (κ2) is 15.7. The lowest BCUT2D eigenvalue weighted by atomic mass is 10.0. The normalized spacial score (nSPS) is 11.9. The summed E-state index contributed by atoms with van der Waals surface area (Å²) in [5.74, 6) is -1.52. The molecule has 10 heteroatoms. The summed E-state index contributed by atoms with van der Waals surface area (Å²) in [5, 5.41) is 3.43. The largest absolute Gasteiger partial charge is 0.354 e. The summed E-state index contributed by atoms with van der Waals surface area (Å²) in [6.07, 6.45) is 1.85. The third-order valence-corrected chi connectivity index (χ3v) is 9.37. The number of nitrogens with one attached hydrogen (secondary N) is 1. The lowest BCUT2D eigenvalue weighted by molar-refractivity contribution is -0.140. The van der Waals surface area contributed by atoms with Crippen molar-refractivity contribution < 1.29 is 22.4 Å². The molecule has 1 N–H and O–H groups in total. The number of benzene rings is 4. The molecule has 0 unspecified atom stereocenters. The summed E-state index contributed by atoms with van der Waals surface area (Å²) in [5.41, 5.74) is 2.68. The molecule has 7 nitrogen and oxygen atoms in total. The Kier molecular flexibility index (Phi) is 11.7. The van der Waals surface area contributed by atoms with Crippen molar-refractivity contribution in [2.24, 2.45) is 0 Å².